The molecule has 0 unspecified atom stereocenters. The van der Waals surface area contributed by atoms with Gasteiger partial charge in [0.2, 0.25) is 0 Å². The fourth-order valence-electron chi connectivity index (χ4n) is 1.87. The first-order chi connectivity index (χ1) is 9.43. The van der Waals surface area contributed by atoms with Crippen LogP contribution in [0.25, 0.3) is 0 Å². The van der Waals surface area contributed by atoms with Gasteiger partial charge in [0.05, 0.1) is 12.3 Å². The predicted molar refractivity (Wildman–Crippen MR) is 80.5 cm³/mol. The minimum absolute atomic E-state index is 0.0519. The Hall–Kier alpha value is -1.75. The average Bonchev–Trinajstić information content (AvgIpc) is 2.36. The van der Waals surface area contributed by atoms with Gasteiger partial charge in [-0.05, 0) is 24.6 Å². The van der Waals surface area contributed by atoms with E-state index in [1.165, 1.54) is 0 Å². The first-order valence-corrected chi connectivity index (χ1v) is 6.86. The van der Waals surface area contributed by atoms with E-state index < -0.39 is 5.97 Å². The summed E-state index contributed by atoms with van der Waals surface area (Å²) in [4.78, 5) is 12.5. The third-order valence-corrected chi connectivity index (χ3v) is 2.82. The molecule has 1 aromatic rings. The number of ether oxygens (including phenoxy) is 1. The molecule has 1 aromatic carbocycles. The van der Waals surface area contributed by atoms with Crippen LogP contribution in [-0.4, -0.2) is 37.3 Å². The first-order valence-electron chi connectivity index (χ1n) is 6.86. The lowest BCUT2D eigenvalue weighted by Crippen LogP contribution is -2.26. The monoisotopic (exact) mass is 280 g/mol. The van der Waals surface area contributed by atoms with Crippen molar-refractivity contribution in [3.63, 3.8) is 0 Å². The lowest BCUT2D eigenvalue weighted by atomic mass is 10.1. The Morgan fingerprint density at radius 1 is 1.45 bits per heavy atom. The van der Waals surface area contributed by atoms with E-state index in [2.05, 4.69) is 19.2 Å². The van der Waals surface area contributed by atoms with Crippen LogP contribution in [0.1, 0.15) is 26.3 Å². The van der Waals surface area contributed by atoms with Crippen LogP contribution in [0.15, 0.2) is 18.2 Å². The minimum atomic E-state index is -0.861. The summed E-state index contributed by atoms with van der Waals surface area (Å²) >= 11 is 0. The summed E-state index contributed by atoms with van der Waals surface area (Å²) in [5.74, 6) is -0.139. The van der Waals surface area contributed by atoms with Gasteiger partial charge in [0, 0.05) is 19.6 Å². The van der Waals surface area contributed by atoms with Crippen LogP contribution in [0.3, 0.4) is 0 Å². The fraction of sp³-hybridized carbons (Fsp3) is 0.533. The standard InChI is InChI=1S/C15H24N2O3/c1-5-20-14-8-12(9-16-11(2)3)6-7-13(14)17(4)10-15(18)19/h6-8,11,16H,5,9-10H2,1-4H3,(H,18,19). The summed E-state index contributed by atoms with van der Waals surface area (Å²) < 4.78 is 5.62. The van der Waals surface area contributed by atoms with Crippen LogP contribution in [0.2, 0.25) is 0 Å². The third kappa shape index (κ3) is 5.09. The lowest BCUT2D eigenvalue weighted by Gasteiger charge is -2.21. The van der Waals surface area contributed by atoms with Crippen molar-refractivity contribution in [1.82, 2.24) is 5.32 Å². The van der Waals surface area contributed by atoms with Crippen LogP contribution < -0.4 is 15.0 Å². The highest BCUT2D eigenvalue weighted by Crippen LogP contribution is 2.29. The average molecular weight is 280 g/mol. The van der Waals surface area contributed by atoms with Crippen molar-refractivity contribution >= 4 is 11.7 Å². The quantitative estimate of drug-likeness (QED) is 0.763. The zero-order chi connectivity index (χ0) is 15.1. The molecule has 5 heteroatoms. The molecule has 0 spiro atoms. The first kappa shape index (κ1) is 16.3. The summed E-state index contributed by atoms with van der Waals surface area (Å²) in [5, 5.41) is 12.2. The van der Waals surface area contributed by atoms with E-state index in [1.807, 2.05) is 25.1 Å². The van der Waals surface area contributed by atoms with Crippen molar-refractivity contribution < 1.29 is 14.6 Å². The normalized spacial score (nSPS) is 10.7. The van der Waals surface area contributed by atoms with Crippen LogP contribution >= 0.6 is 0 Å². The molecule has 0 amide bonds. The van der Waals surface area contributed by atoms with Crippen LogP contribution in [-0.2, 0) is 11.3 Å². The van der Waals surface area contributed by atoms with Crippen LogP contribution in [0, 0.1) is 0 Å². The number of carboxylic acid groups (broad SMARTS) is 1. The van der Waals surface area contributed by atoms with Gasteiger partial charge in [0.25, 0.3) is 0 Å². The van der Waals surface area contributed by atoms with Crippen molar-refractivity contribution in [2.75, 3.05) is 25.1 Å². The van der Waals surface area contributed by atoms with Crippen LogP contribution in [0.5, 0.6) is 5.75 Å². The van der Waals surface area contributed by atoms with E-state index >= 15 is 0 Å². The van der Waals surface area contributed by atoms with Crippen molar-refractivity contribution in [2.24, 2.45) is 0 Å². The molecule has 0 aliphatic carbocycles. The number of hydrogen-bond donors (Lipinski definition) is 2. The number of carbonyl (C=O) groups is 1. The maximum Gasteiger partial charge on any atom is 0.323 e. The van der Waals surface area contributed by atoms with E-state index in [4.69, 9.17) is 9.84 Å². The highest BCUT2D eigenvalue weighted by Gasteiger charge is 2.12. The second kappa shape index (κ2) is 7.75. The zero-order valence-electron chi connectivity index (χ0n) is 12.6. The highest BCUT2D eigenvalue weighted by atomic mass is 16.5. The molecule has 0 saturated heterocycles. The molecule has 2 N–H and O–H groups in total. The number of nitrogens with zero attached hydrogens (tertiary/aromatic N) is 1. The summed E-state index contributed by atoms with van der Waals surface area (Å²) in [7, 11) is 1.75. The Kier molecular flexibility index (Phi) is 6.31. The highest BCUT2D eigenvalue weighted by molar-refractivity contribution is 5.75. The van der Waals surface area contributed by atoms with Gasteiger partial charge >= 0.3 is 5.97 Å². The Morgan fingerprint density at radius 2 is 2.15 bits per heavy atom. The molecule has 0 aromatic heterocycles. The molecule has 0 aliphatic rings. The molecular formula is C15H24N2O3. The number of hydrogen-bond acceptors (Lipinski definition) is 4. The van der Waals surface area contributed by atoms with Gasteiger partial charge < -0.3 is 20.1 Å². The number of aliphatic carboxylic acids is 1. The molecule has 1 rings (SSSR count). The Labute approximate surface area is 120 Å². The van der Waals surface area contributed by atoms with Crippen LogP contribution in [0.4, 0.5) is 5.69 Å². The van der Waals surface area contributed by atoms with Crippen molar-refractivity contribution in [3.8, 4) is 5.75 Å². The zero-order valence-corrected chi connectivity index (χ0v) is 12.6. The second-order valence-electron chi connectivity index (χ2n) is 5.02. The number of rotatable bonds is 8. The molecule has 0 aliphatic heterocycles. The third-order valence-electron chi connectivity index (χ3n) is 2.82. The van der Waals surface area contributed by atoms with Gasteiger partial charge in [-0.1, -0.05) is 19.9 Å². The smallest absolute Gasteiger partial charge is 0.323 e. The number of nitrogens with one attached hydrogen (secondary N) is 1. The summed E-state index contributed by atoms with van der Waals surface area (Å²) in [6, 6.07) is 6.28. The Balaban J connectivity index is 2.91. The Morgan fingerprint density at radius 3 is 2.70 bits per heavy atom. The molecule has 5 nitrogen and oxygen atoms in total. The number of anilines is 1. The van der Waals surface area contributed by atoms with Gasteiger partial charge in [0.15, 0.2) is 0 Å². The SMILES string of the molecule is CCOc1cc(CNC(C)C)ccc1N(C)CC(=O)O. The van der Waals surface area contributed by atoms with E-state index in [-0.39, 0.29) is 6.54 Å². The van der Waals surface area contributed by atoms with E-state index in [0.717, 1.165) is 23.5 Å². The van der Waals surface area contributed by atoms with Crippen molar-refractivity contribution in [1.29, 1.82) is 0 Å². The molecule has 0 bridgehead atoms. The molecule has 0 radical (unpaired) electrons. The Bertz CT molecular complexity index is 447. The van der Waals surface area contributed by atoms with Gasteiger partial charge in [0.1, 0.15) is 12.3 Å². The van der Waals surface area contributed by atoms with Gasteiger partial charge in [-0.3, -0.25) is 4.79 Å². The van der Waals surface area contributed by atoms with E-state index in [1.54, 1.807) is 11.9 Å². The van der Waals surface area contributed by atoms with E-state index in [9.17, 15) is 4.79 Å². The second-order valence-corrected chi connectivity index (χ2v) is 5.02. The molecular weight excluding hydrogens is 256 g/mol. The van der Waals surface area contributed by atoms with Gasteiger partial charge in [-0.25, -0.2) is 0 Å². The molecule has 0 atom stereocenters. The van der Waals surface area contributed by atoms with Crippen molar-refractivity contribution in [3.05, 3.63) is 23.8 Å². The van der Waals surface area contributed by atoms with E-state index in [0.29, 0.717) is 12.6 Å². The molecule has 0 heterocycles. The van der Waals surface area contributed by atoms with Gasteiger partial charge in [-0.15, -0.1) is 0 Å². The molecule has 0 fully saturated rings. The molecule has 20 heavy (non-hydrogen) atoms. The van der Waals surface area contributed by atoms with Crippen molar-refractivity contribution in [2.45, 2.75) is 33.4 Å². The summed E-state index contributed by atoms with van der Waals surface area (Å²) in [6.45, 7) is 7.37. The topological polar surface area (TPSA) is 61.8 Å². The number of benzene rings is 1. The number of carboxylic acids is 1. The molecule has 112 valence electrons. The maximum atomic E-state index is 10.8. The molecule has 0 saturated carbocycles. The predicted octanol–water partition coefficient (Wildman–Crippen LogP) is 2.10. The summed E-state index contributed by atoms with van der Waals surface area (Å²) in [5.41, 5.74) is 1.91. The number of likely N-dealkylation sites (N-methyl/N-ethyl adjacent to an activating group) is 1. The maximum absolute atomic E-state index is 10.8. The lowest BCUT2D eigenvalue weighted by molar-refractivity contribution is -0.135. The largest absolute Gasteiger partial charge is 0.492 e. The summed E-state index contributed by atoms with van der Waals surface area (Å²) in [6.07, 6.45) is 0. The minimum Gasteiger partial charge on any atom is -0.492 e. The van der Waals surface area contributed by atoms with Gasteiger partial charge in [-0.2, -0.15) is 0 Å². The fourth-order valence-corrected chi connectivity index (χ4v) is 1.87.